The zero-order valence-electron chi connectivity index (χ0n) is 21.8. The van der Waals surface area contributed by atoms with Crippen LogP contribution in [0.5, 0.6) is 11.5 Å². The second-order valence-corrected chi connectivity index (χ2v) is 11.2. The lowest BCUT2D eigenvalue weighted by Crippen LogP contribution is -2.53. The van der Waals surface area contributed by atoms with Crippen LogP contribution in [-0.4, -0.2) is 11.6 Å². The summed E-state index contributed by atoms with van der Waals surface area (Å²) in [4.78, 5) is 0. The van der Waals surface area contributed by atoms with Gasteiger partial charge in [-0.3, -0.25) is 0 Å². The Hall–Kier alpha value is -2.00. The van der Waals surface area contributed by atoms with Gasteiger partial charge in [-0.15, -0.1) is 0 Å². The van der Waals surface area contributed by atoms with Crippen LogP contribution >= 0.6 is 0 Å². The summed E-state index contributed by atoms with van der Waals surface area (Å²) in [5, 5.41) is 0. The maximum absolute atomic E-state index is 7.12. The van der Waals surface area contributed by atoms with Crippen LogP contribution in [0.15, 0.2) is 48.5 Å². The van der Waals surface area contributed by atoms with Crippen LogP contribution in [0.25, 0.3) is 0 Å². The Kier molecular flexibility index (Phi) is 8.24. The van der Waals surface area contributed by atoms with Gasteiger partial charge in [-0.25, -0.2) is 0 Å². The summed E-state index contributed by atoms with van der Waals surface area (Å²) in [6.07, 6.45) is 10.4. The molecule has 1 aliphatic heterocycles. The predicted molar refractivity (Wildman–Crippen MR) is 141 cm³/mol. The highest BCUT2D eigenvalue weighted by atomic mass is 16.5. The summed E-state index contributed by atoms with van der Waals surface area (Å²) in [7, 11) is 0. The molecule has 1 aliphatic carbocycles. The number of nitrogens with two attached hydrogens (primary N) is 1. The number of hydrogen-bond acceptors (Lipinski definition) is 3. The van der Waals surface area contributed by atoms with E-state index in [1.54, 1.807) is 0 Å². The molecule has 3 nitrogen and oxygen atoms in total. The first kappa shape index (κ1) is 25.1. The van der Waals surface area contributed by atoms with E-state index < -0.39 is 0 Å². The van der Waals surface area contributed by atoms with Gasteiger partial charge in [0.2, 0.25) is 0 Å². The summed E-state index contributed by atoms with van der Waals surface area (Å²) in [6.45, 7) is 9.32. The smallest absolute Gasteiger partial charge is 0.124 e. The highest BCUT2D eigenvalue weighted by Gasteiger charge is 2.42. The molecule has 0 amide bonds. The van der Waals surface area contributed by atoms with Crippen molar-refractivity contribution in [2.24, 2.45) is 23.5 Å². The van der Waals surface area contributed by atoms with Gasteiger partial charge in [-0.05, 0) is 92.0 Å². The third-order valence-electron chi connectivity index (χ3n) is 8.55. The second kappa shape index (κ2) is 11.2. The Morgan fingerprint density at radius 2 is 1.79 bits per heavy atom. The van der Waals surface area contributed by atoms with Gasteiger partial charge < -0.3 is 15.2 Å². The molecule has 0 saturated heterocycles. The average molecular weight is 464 g/mol. The molecule has 1 fully saturated rings. The summed E-state index contributed by atoms with van der Waals surface area (Å²) >= 11 is 0. The number of aryl methyl sites for hydroxylation is 1. The molecule has 186 valence electrons. The summed E-state index contributed by atoms with van der Waals surface area (Å²) in [5.41, 5.74) is 9.59. The molecular formula is C31H45NO2. The Labute approximate surface area is 207 Å². The molecule has 4 rings (SSSR count). The Morgan fingerprint density at radius 1 is 1.03 bits per heavy atom. The largest absolute Gasteiger partial charge is 0.490 e. The maximum atomic E-state index is 7.12. The Bertz CT molecular complexity index is 913. The summed E-state index contributed by atoms with van der Waals surface area (Å²) in [5.74, 6) is 3.91. The molecule has 6 unspecified atom stereocenters. The van der Waals surface area contributed by atoms with Crippen molar-refractivity contribution in [2.45, 2.75) is 103 Å². The minimum atomic E-state index is -0.0468. The predicted octanol–water partition coefficient (Wildman–Crippen LogP) is 7.87. The molecule has 2 N–H and O–H groups in total. The van der Waals surface area contributed by atoms with Gasteiger partial charge in [0.15, 0.2) is 0 Å². The third kappa shape index (κ3) is 5.97. The molecule has 3 heteroatoms. The average Bonchev–Trinajstić information content (AvgIpc) is 2.86. The van der Waals surface area contributed by atoms with E-state index in [-0.39, 0.29) is 17.7 Å². The lowest BCUT2D eigenvalue weighted by molar-refractivity contribution is 0.0464. The molecule has 34 heavy (non-hydrogen) atoms. The molecular weight excluding hydrogens is 418 g/mol. The van der Waals surface area contributed by atoms with E-state index in [4.69, 9.17) is 15.2 Å². The minimum absolute atomic E-state index is 0.0468. The first-order valence-electron chi connectivity index (χ1n) is 13.7. The number of benzene rings is 2. The monoisotopic (exact) mass is 463 g/mol. The second-order valence-electron chi connectivity index (χ2n) is 11.2. The van der Waals surface area contributed by atoms with Crippen molar-refractivity contribution in [1.82, 2.24) is 0 Å². The lowest BCUT2D eigenvalue weighted by atomic mass is 9.65. The molecule has 0 aromatic heterocycles. The van der Waals surface area contributed by atoms with Crippen molar-refractivity contribution in [3.63, 3.8) is 0 Å². The number of hydrogen-bond donors (Lipinski definition) is 1. The van der Waals surface area contributed by atoms with Gasteiger partial charge in [0.25, 0.3) is 0 Å². The van der Waals surface area contributed by atoms with Crippen LogP contribution < -0.4 is 15.2 Å². The Balaban J connectivity index is 1.42. The van der Waals surface area contributed by atoms with Crippen molar-refractivity contribution >= 4 is 0 Å². The fraction of sp³-hybridized carbons (Fsp3) is 0.613. The summed E-state index contributed by atoms with van der Waals surface area (Å²) < 4.78 is 12.9. The van der Waals surface area contributed by atoms with Gasteiger partial charge in [-0.1, -0.05) is 70.9 Å². The van der Waals surface area contributed by atoms with Gasteiger partial charge in [0, 0.05) is 5.54 Å². The highest BCUT2D eigenvalue weighted by molar-refractivity contribution is 5.42. The van der Waals surface area contributed by atoms with Gasteiger partial charge >= 0.3 is 0 Å². The molecule has 1 heterocycles. The quantitative estimate of drug-likeness (QED) is 0.411. The van der Waals surface area contributed by atoms with Crippen molar-refractivity contribution < 1.29 is 9.47 Å². The molecule has 2 aromatic rings. The molecule has 0 radical (unpaired) electrons. The van der Waals surface area contributed by atoms with Gasteiger partial charge in [-0.2, -0.15) is 0 Å². The molecule has 2 aliphatic rings. The molecule has 0 bridgehead atoms. The van der Waals surface area contributed by atoms with Crippen molar-refractivity contribution in [1.29, 1.82) is 0 Å². The van der Waals surface area contributed by atoms with Crippen LogP contribution in [0.3, 0.4) is 0 Å². The molecule has 6 atom stereocenters. The first-order valence-corrected chi connectivity index (χ1v) is 13.7. The van der Waals surface area contributed by atoms with E-state index in [9.17, 15) is 0 Å². The zero-order chi connectivity index (χ0) is 24.1. The van der Waals surface area contributed by atoms with Gasteiger partial charge in [0.1, 0.15) is 17.6 Å². The topological polar surface area (TPSA) is 44.5 Å². The van der Waals surface area contributed by atoms with E-state index in [0.29, 0.717) is 17.8 Å². The third-order valence-corrected chi connectivity index (χ3v) is 8.55. The van der Waals surface area contributed by atoms with Crippen LogP contribution in [0, 0.1) is 17.8 Å². The maximum Gasteiger partial charge on any atom is 0.124 e. The van der Waals surface area contributed by atoms with Crippen LogP contribution in [0.1, 0.15) is 96.3 Å². The number of rotatable bonds is 9. The van der Waals surface area contributed by atoms with E-state index in [0.717, 1.165) is 50.0 Å². The SMILES string of the molecule is CCC(C)CC1CC(Oc2ccc3c(c2)CCC(c2ccccc2)O3)CCC1(N)CC(C)CC. The Morgan fingerprint density at radius 3 is 2.53 bits per heavy atom. The number of fused-ring (bicyclic) bond motifs is 1. The molecule has 2 aromatic carbocycles. The molecule has 1 saturated carbocycles. The van der Waals surface area contributed by atoms with E-state index in [1.807, 2.05) is 0 Å². The minimum Gasteiger partial charge on any atom is -0.490 e. The summed E-state index contributed by atoms with van der Waals surface area (Å²) in [6, 6.07) is 17.0. The number of ether oxygens (including phenoxy) is 2. The zero-order valence-corrected chi connectivity index (χ0v) is 21.8. The van der Waals surface area contributed by atoms with Gasteiger partial charge in [0.05, 0.1) is 6.10 Å². The normalized spacial score (nSPS) is 28.4. The van der Waals surface area contributed by atoms with Crippen molar-refractivity contribution in [2.75, 3.05) is 0 Å². The van der Waals surface area contributed by atoms with Crippen LogP contribution in [-0.2, 0) is 6.42 Å². The van der Waals surface area contributed by atoms with Crippen LogP contribution in [0.4, 0.5) is 0 Å². The molecule has 0 spiro atoms. The van der Waals surface area contributed by atoms with E-state index in [2.05, 4.69) is 76.2 Å². The van der Waals surface area contributed by atoms with E-state index >= 15 is 0 Å². The standard InChI is InChI=1S/C31H45NO2/c1-5-22(3)18-26-20-28(16-17-31(26,32)21-23(4)6-2)33-27-13-15-30-25(19-27)12-14-29(34-30)24-10-8-7-9-11-24/h7-11,13,15,19,22-23,26,28-29H,5-6,12,14,16-18,20-21,32H2,1-4H3. The lowest BCUT2D eigenvalue weighted by Gasteiger charge is -2.46. The fourth-order valence-corrected chi connectivity index (χ4v) is 5.99. The van der Waals surface area contributed by atoms with Crippen LogP contribution in [0.2, 0.25) is 0 Å². The van der Waals surface area contributed by atoms with Crippen molar-refractivity contribution in [3.8, 4) is 11.5 Å². The van der Waals surface area contributed by atoms with Crippen molar-refractivity contribution in [3.05, 3.63) is 59.7 Å². The highest BCUT2D eigenvalue weighted by Crippen LogP contribution is 2.43. The van der Waals surface area contributed by atoms with E-state index in [1.165, 1.54) is 30.4 Å². The first-order chi connectivity index (χ1) is 16.4. The fourth-order valence-electron chi connectivity index (χ4n) is 5.99.